The summed E-state index contributed by atoms with van der Waals surface area (Å²) in [6, 6.07) is 2.01. The quantitative estimate of drug-likeness (QED) is 0.640. The number of rotatable bonds is 2. The third-order valence-electron chi connectivity index (χ3n) is 2.74. The molecule has 0 atom stereocenters. The standard InChI is InChI=1S/C13H18Cl2/c1-7(2)10-6-11(14)13(15)9(5)12(10)8(3)4/h6-8H,1-5H3. The molecule has 0 amide bonds. The second kappa shape index (κ2) is 4.76. The zero-order valence-corrected chi connectivity index (χ0v) is 11.5. The van der Waals surface area contributed by atoms with E-state index in [9.17, 15) is 0 Å². The van der Waals surface area contributed by atoms with Crippen LogP contribution in [0.5, 0.6) is 0 Å². The van der Waals surface area contributed by atoms with Gasteiger partial charge in [-0.3, -0.25) is 0 Å². The molecule has 0 fully saturated rings. The van der Waals surface area contributed by atoms with Gasteiger partial charge in [-0.15, -0.1) is 0 Å². The maximum atomic E-state index is 6.17. The van der Waals surface area contributed by atoms with Gasteiger partial charge in [-0.05, 0) is 41.5 Å². The predicted octanol–water partition coefficient (Wildman–Crippen LogP) is 5.55. The van der Waals surface area contributed by atoms with Gasteiger partial charge in [-0.1, -0.05) is 50.9 Å². The van der Waals surface area contributed by atoms with E-state index in [-0.39, 0.29) is 0 Å². The van der Waals surface area contributed by atoms with Gasteiger partial charge in [0.05, 0.1) is 10.0 Å². The molecule has 0 N–H and O–H groups in total. The van der Waals surface area contributed by atoms with Crippen LogP contribution >= 0.6 is 23.2 Å². The van der Waals surface area contributed by atoms with Gasteiger partial charge >= 0.3 is 0 Å². The van der Waals surface area contributed by atoms with E-state index >= 15 is 0 Å². The topological polar surface area (TPSA) is 0 Å². The lowest BCUT2D eigenvalue weighted by Gasteiger charge is -2.20. The maximum Gasteiger partial charge on any atom is 0.0624 e. The van der Waals surface area contributed by atoms with E-state index in [4.69, 9.17) is 23.2 Å². The molecular weight excluding hydrogens is 227 g/mol. The van der Waals surface area contributed by atoms with Gasteiger partial charge in [-0.2, -0.15) is 0 Å². The van der Waals surface area contributed by atoms with Gasteiger partial charge in [0.2, 0.25) is 0 Å². The van der Waals surface area contributed by atoms with Crippen molar-refractivity contribution in [3.8, 4) is 0 Å². The summed E-state index contributed by atoms with van der Waals surface area (Å²) in [5, 5.41) is 1.37. The smallest absolute Gasteiger partial charge is 0.0624 e. The van der Waals surface area contributed by atoms with Crippen LogP contribution in [0.1, 0.15) is 56.2 Å². The highest BCUT2D eigenvalue weighted by atomic mass is 35.5. The van der Waals surface area contributed by atoms with Gasteiger partial charge in [0.1, 0.15) is 0 Å². The average Bonchev–Trinajstić information content (AvgIpc) is 2.12. The van der Waals surface area contributed by atoms with E-state index in [0.29, 0.717) is 21.9 Å². The molecule has 0 aliphatic heterocycles. The van der Waals surface area contributed by atoms with Crippen LogP contribution in [0.4, 0.5) is 0 Å². The number of halogens is 2. The minimum Gasteiger partial charge on any atom is -0.0827 e. The Hall–Kier alpha value is -0.200. The first-order valence-corrected chi connectivity index (χ1v) is 6.10. The lowest BCUT2D eigenvalue weighted by atomic mass is 9.87. The summed E-state index contributed by atoms with van der Waals surface area (Å²) in [5.74, 6) is 0.966. The summed E-state index contributed by atoms with van der Waals surface area (Å²) in [6.45, 7) is 10.8. The van der Waals surface area contributed by atoms with E-state index in [1.54, 1.807) is 0 Å². The Morgan fingerprint density at radius 3 is 1.93 bits per heavy atom. The fourth-order valence-corrected chi connectivity index (χ4v) is 2.45. The molecule has 0 nitrogen and oxygen atoms in total. The van der Waals surface area contributed by atoms with E-state index < -0.39 is 0 Å². The highest BCUT2D eigenvalue weighted by Crippen LogP contribution is 2.37. The van der Waals surface area contributed by atoms with Gasteiger partial charge < -0.3 is 0 Å². The van der Waals surface area contributed by atoms with Crippen molar-refractivity contribution in [1.29, 1.82) is 0 Å². The highest BCUT2D eigenvalue weighted by molar-refractivity contribution is 6.42. The zero-order valence-electron chi connectivity index (χ0n) is 9.99. The van der Waals surface area contributed by atoms with Gasteiger partial charge in [0.15, 0.2) is 0 Å². The molecule has 0 bridgehead atoms. The first-order chi connectivity index (χ1) is 6.86. The molecule has 15 heavy (non-hydrogen) atoms. The van der Waals surface area contributed by atoms with Crippen LogP contribution in [0.2, 0.25) is 10.0 Å². The summed E-state index contributed by atoms with van der Waals surface area (Å²) in [6.07, 6.45) is 0. The molecule has 0 heterocycles. The summed E-state index contributed by atoms with van der Waals surface area (Å²) in [5.41, 5.74) is 3.79. The molecule has 1 aromatic carbocycles. The monoisotopic (exact) mass is 244 g/mol. The molecule has 2 heteroatoms. The predicted molar refractivity (Wildman–Crippen MR) is 69.4 cm³/mol. The summed E-state index contributed by atoms with van der Waals surface area (Å²) < 4.78 is 0. The first-order valence-electron chi connectivity index (χ1n) is 5.34. The third kappa shape index (κ3) is 2.49. The van der Waals surface area contributed by atoms with Crippen molar-refractivity contribution < 1.29 is 0 Å². The highest BCUT2D eigenvalue weighted by Gasteiger charge is 2.17. The average molecular weight is 245 g/mol. The van der Waals surface area contributed by atoms with Gasteiger partial charge in [0, 0.05) is 0 Å². The van der Waals surface area contributed by atoms with Crippen LogP contribution in [0.3, 0.4) is 0 Å². The number of hydrogen-bond acceptors (Lipinski definition) is 0. The number of benzene rings is 1. The summed E-state index contributed by atoms with van der Waals surface area (Å²) >= 11 is 12.3. The van der Waals surface area contributed by atoms with E-state index in [1.165, 1.54) is 11.1 Å². The van der Waals surface area contributed by atoms with Crippen LogP contribution in [0.15, 0.2) is 6.07 Å². The summed E-state index contributed by atoms with van der Waals surface area (Å²) in [4.78, 5) is 0. The van der Waals surface area contributed by atoms with E-state index in [2.05, 4.69) is 34.6 Å². The minimum atomic E-state index is 0.482. The summed E-state index contributed by atoms with van der Waals surface area (Å²) in [7, 11) is 0. The number of hydrogen-bond donors (Lipinski definition) is 0. The Balaban J connectivity index is 3.51. The van der Waals surface area contributed by atoms with Crippen molar-refractivity contribution in [2.45, 2.75) is 46.5 Å². The van der Waals surface area contributed by atoms with Crippen molar-refractivity contribution in [3.05, 3.63) is 32.8 Å². The fourth-order valence-electron chi connectivity index (χ4n) is 2.04. The van der Waals surface area contributed by atoms with Crippen molar-refractivity contribution in [1.82, 2.24) is 0 Å². The van der Waals surface area contributed by atoms with Gasteiger partial charge in [-0.25, -0.2) is 0 Å². The Bertz CT molecular complexity index is 365. The van der Waals surface area contributed by atoms with Crippen LogP contribution in [0.25, 0.3) is 0 Å². The molecule has 0 radical (unpaired) electrons. The largest absolute Gasteiger partial charge is 0.0827 e. The van der Waals surface area contributed by atoms with Crippen LogP contribution in [0, 0.1) is 6.92 Å². The molecule has 0 aliphatic carbocycles. The molecule has 0 aliphatic rings. The minimum absolute atomic E-state index is 0.482. The second-order valence-electron chi connectivity index (χ2n) is 4.61. The Labute approximate surface area is 103 Å². The second-order valence-corrected chi connectivity index (χ2v) is 5.39. The first kappa shape index (κ1) is 12.9. The van der Waals surface area contributed by atoms with Gasteiger partial charge in [0.25, 0.3) is 0 Å². The Morgan fingerprint density at radius 1 is 1.00 bits per heavy atom. The van der Waals surface area contributed by atoms with Crippen LogP contribution in [-0.2, 0) is 0 Å². The normalized spacial score (nSPS) is 11.5. The molecular formula is C13H18Cl2. The molecule has 1 aromatic rings. The Morgan fingerprint density at radius 2 is 1.53 bits per heavy atom. The van der Waals surface area contributed by atoms with E-state index in [0.717, 1.165) is 5.56 Å². The lowest BCUT2D eigenvalue weighted by molar-refractivity contribution is 0.783. The molecule has 0 unspecified atom stereocenters. The SMILES string of the molecule is Cc1c(Cl)c(Cl)cc(C(C)C)c1C(C)C. The molecule has 0 saturated carbocycles. The molecule has 0 saturated heterocycles. The van der Waals surface area contributed by atoms with Crippen LogP contribution < -0.4 is 0 Å². The van der Waals surface area contributed by atoms with E-state index in [1.807, 2.05) is 6.07 Å². The molecule has 1 rings (SSSR count). The molecule has 0 spiro atoms. The van der Waals surface area contributed by atoms with Crippen molar-refractivity contribution in [2.75, 3.05) is 0 Å². The van der Waals surface area contributed by atoms with Crippen molar-refractivity contribution in [3.63, 3.8) is 0 Å². The molecule has 84 valence electrons. The van der Waals surface area contributed by atoms with Crippen molar-refractivity contribution >= 4 is 23.2 Å². The Kier molecular flexibility index (Phi) is 4.08. The molecule has 0 aromatic heterocycles. The van der Waals surface area contributed by atoms with Crippen molar-refractivity contribution in [2.24, 2.45) is 0 Å². The third-order valence-corrected chi connectivity index (χ3v) is 3.62. The van der Waals surface area contributed by atoms with Crippen LogP contribution in [-0.4, -0.2) is 0 Å². The maximum absolute atomic E-state index is 6.17. The fraction of sp³-hybridized carbons (Fsp3) is 0.538. The zero-order chi connectivity index (χ0) is 11.7. The lowest BCUT2D eigenvalue weighted by Crippen LogP contribution is -2.02.